The van der Waals surface area contributed by atoms with Crippen LogP contribution in [0.15, 0.2) is 30.5 Å². The van der Waals surface area contributed by atoms with E-state index >= 15 is 0 Å². The fourth-order valence-corrected chi connectivity index (χ4v) is 1.91. The second-order valence-electron chi connectivity index (χ2n) is 4.23. The van der Waals surface area contributed by atoms with E-state index in [4.69, 9.17) is 5.73 Å². The Morgan fingerprint density at radius 2 is 2.11 bits per heavy atom. The van der Waals surface area contributed by atoms with Gasteiger partial charge < -0.3 is 5.73 Å². The molecule has 0 amide bonds. The third-order valence-electron chi connectivity index (χ3n) is 3.01. The lowest BCUT2D eigenvalue weighted by atomic mass is 10.0. The molecule has 0 aliphatic rings. The fraction of sp³-hybridized carbons (Fsp3) is 0.308. The number of nitrogens with two attached hydrogens (primary N) is 1. The van der Waals surface area contributed by atoms with Crippen molar-refractivity contribution in [3.8, 4) is 0 Å². The molecule has 0 radical (unpaired) electrons. The SMILES string of the molecule is Cn1nccc1CCC(N)c1cccc(F)c1F. The lowest BCUT2D eigenvalue weighted by Crippen LogP contribution is -2.14. The number of rotatable bonds is 4. The maximum absolute atomic E-state index is 13.5. The van der Waals surface area contributed by atoms with Crippen LogP contribution in [-0.2, 0) is 13.5 Å². The van der Waals surface area contributed by atoms with Crippen molar-refractivity contribution in [1.82, 2.24) is 9.78 Å². The molecule has 18 heavy (non-hydrogen) atoms. The summed E-state index contributed by atoms with van der Waals surface area (Å²) < 4.78 is 28.3. The van der Waals surface area contributed by atoms with Crippen LogP contribution in [0.1, 0.15) is 23.7 Å². The summed E-state index contributed by atoms with van der Waals surface area (Å²) in [7, 11) is 1.84. The standard InChI is InChI=1S/C13H15F2N3/c1-18-9(7-8-17-18)5-6-12(16)10-3-2-4-11(14)13(10)15/h2-4,7-8,12H,5-6,16H2,1H3. The Labute approximate surface area is 104 Å². The highest BCUT2D eigenvalue weighted by Gasteiger charge is 2.15. The van der Waals surface area contributed by atoms with E-state index < -0.39 is 17.7 Å². The van der Waals surface area contributed by atoms with E-state index in [1.54, 1.807) is 10.9 Å². The van der Waals surface area contributed by atoms with Crippen LogP contribution in [-0.4, -0.2) is 9.78 Å². The zero-order valence-corrected chi connectivity index (χ0v) is 10.1. The molecule has 1 atom stereocenters. The van der Waals surface area contributed by atoms with Gasteiger partial charge in [0.25, 0.3) is 0 Å². The Hall–Kier alpha value is -1.75. The minimum absolute atomic E-state index is 0.220. The summed E-state index contributed by atoms with van der Waals surface area (Å²) in [5.41, 5.74) is 7.13. The first-order valence-corrected chi connectivity index (χ1v) is 5.76. The van der Waals surface area contributed by atoms with Gasteiger partial charge >= 0.3 is 0 Å². The zero-order valence-electron chi connectivity index (χ0n) is 10.1. The van der Waals surface area contributed by atoms with Gasteiger partial charge in [-0.15, -0.1) is 0 Å². The second-order valence-corrected chi connectivity index (χ2v) is 4.23. The van der Waals surface area contributed by atoms with Gasteiger partial charge in [-0.3, -0.25) is 4.68 Å². The molecular formula is C13H15F2N3. The highest BCUT2D eigenvalue weighted by molar-refractivity contribution is 5.22. The van der Waals surface area contributed by atoms with Crippen molar-refractivity contribution in [2.45, 2.75) is 18.9 Å². The van der Waals surface area contributed by atoms with Crippen LogP contribution in [0.2, 0.25) is 0 Å². The Morgan fingerprint density at radius 1 is 1.33 bits per heavy atom. The van der Waals surface area contributed by atoms with Gasteiger partial charge in [-0.2, -0.15) is 5.10 Å². The normalized spacial score (nSPS) is 12.7. The molecule has 0 saturated carbocycles. The number of aromatic nitrogens is 2. The Kier molecular flexibility index (Phi) is 3.72. The predicted octanol–water partition coefficient (Wildman–Crippen LogP) is 2.33. The molecule has 2 aromatic rings. The van der Waals surface area contributed by atoms with Crippen molar-refractivity contribution in [3.63, 3.8) is 0 Å². The Bertz CT molecular complexity index is 537. The monoisotopic (exact) mass is 251 g/mol. The molecule has 0 spiro atoms. The van der Waals surface area contributed by atoms with E-state index in [0.29, 0.717) is 12.8 Å². The first kappa shape index (κ1) is 12.7. The smallest absolute Gasteiger partial charge is 0.163 e. The lowest BCUT2D eigenvalue weighted by molar-refractivity contribution is 0.482. The minimum Gasteiger partial charge on any atom is -0.324 e. The first-order valence-electron chi connectivity index (χ1n) is 5.76. The molecule has 0 aliphatic heterocycles. The van der Waals surface area contributed by atoms with Gasteiger partial charge in [0.1, 0.15) is 0 Å². The van der Waals surface area contributed by atoms with Gasteiger partial charge in [-0.1, -0.05) is 12.1 Å². The third-order valence-corrected chi connectivity index (χ3v) is 3.01. The van der Waals surface area contributed by atoms with Gasteiger partial charge in [-0.25, -0.2) is 8.78 Å². The molecule has 0 saturated heterocycles. The van der Waals surface area contributed by atoms with Crippen molar-refractivity contribution >= 4 is 0 Å². The first-order chi connectivity index (χ1) is 8.59. The Balaban J connectivity index is 2.06. The maximum atomic E-state index is 13.5. The molecule has 1 unspecified atom stereocenters. The summed E-state index contributed by atoms with van der Waals surface area (Å²) in [4.78, 5) is 0. The average molecular weight is 251 g/mol. The molecule has 3 nitrogen and oxygen atoms in total. The molecule has 0 aliphatic carbocycles. The number of benzene rings is 1. The molecule has 96 valence electrons. The minimum atomic E-state index is -0.858. The van der Waals surface area contributed by atoms with Crippen molar-refractivity contribution in [2.75, 3.05) is 0 Å². The number of hydrogen-bond donors (Lipinski definition) is 1. The van der Waals surface area contributed by atoms with E-state index in [1.165, 1.54) is 12.1 Å². The number of halogens is 2. The van der Waals surface area contributed by atoms with Crippen LogP contribution in [0.5, 0.6) is 0 Å². The summed E-state index contributed by atoms with van der Waals surface area (Å²) in [6.45, 7) is 0. The zero-order chi connectivity index (χ0) is 13.1. The number of aryl methyl sites for hydroxylation is 2. The summed E-state index contributed by atoms with van der Waals surface area (Å²) in [6, 6.07) is 5.45. The topological polar surface area (TPSA) is 43.8 Å². The van der Waals surface area contributed by atoms with E-state index in [1.807, 2.05) is 13.1 Å². The molecule has 5 heteroatoms. The molecular weight excluding hydrogens is 236 g/mol. The van der Waals surface area contributed by atoms with Gasteiger partial charge in [0.2, 0.25) is 0 Å². The number of nitrogens with zero attached hydrogens (tertiary/aromatic N) is 2. The molecule has 0 bridgehead atoms. The second kappa shape index (κ2) is 5.27. The molecule has 2 rings (SSSR count). The highest BCUT2D eigenvalue weighted by Crippen LogP contribution is 2.21. The highest BCUT2D eigenvalue weighted by atomic mass is 19.2. The van der Waals surface area contributed by atoms with Crippen molar-refractivity contribution < 1.29 is 8.78 Å². The van der Waals surface area contributed by atoms with Crippen LogP contribution in [0, 0.1) is 11.6 Å². The Morgan fingerprint density at radius 3 is 2.78 bits per heavy atom. The lowest BCUT2D eigenvalue weighted by Gasteiger charge is -2.13. The van der Waals surface area contributed by atoms with Gasteiger partial charge in [0.05, 0.1) is 0 Å². The molecule has 1 aromatic carbocycles. The number of hydrogen-bond acceptors (Lipinski definition) is 2. The predicted molar refractivity (Wildman–Crippen MR) is 64.8 cm³/mol. The summed E-state index contributed by atoms with van der Waals surface area (Å²) in [5, 5.41) is 4.04. The largest absolute Gasteiger partial charge is 0.324 e. The summed E-state index contributed by atoms with van der Waals surface area (Å²) >= 11 is 0. The van der Waals surface area contributed by atoms with E-state index in [9.17, 15) is 8.78 Å². The molecule has 2 N–H and O–H groups in total. The third kappa shape index (κ3) is 2.56. The van der Waals surface area contributed by atoms with Crippen LogP contribution >= 0.6 is 0 Å². The average Bonchev–Trinajstić information content (AvgIpc) is 2.75. The summed E-state index contributed by atoms with van der Waals surface area (Å²) in [6.07, 6.45) is 2.91. The fourth-order valence-electron chi connectivity index (χ4n) is 1.91. The van der Waals surface area contributed by atoms with E-state index in [0.717, 1.165) is 11.8 Å². The van der Waals surface area contributed by atoms with Gasteiger partial charge in [-0.05, 0) is 25.0 Å². The van der Waals surface area contributed by atoms with Crippen LogP contribution < -0.4 is 5.73 Å². The van der Waals surface area contributed by atoms with Gasteiger partial charge in [0.15, 0.2) is 11.6 Å². The quantitative estimate of drug-likeness (QED) is 0.906. The van der Waals surface area contributed by atoms with Crippen molar-refractivity contribution in [1.29, 1.82) is 0 Å². The molecule has 1 heterocycles. The van der Waals surface area contributed by atoms with Crippen LogP contribution in [0.4, 0.5) is 8.78 Å². The van der Waals surface area contributed by atoms with Crippen LogP contribution in [0.25, 0.3) is 0 Å². The van der Waals surface area contributed by atoms with E-state index in [-0.39, 0.29) is 5.56 Å². The van der Waals surface area contributed by atoms with Crippen LogP contribution in [0.3, 0.4) is 0 Å². The summed E-state index contributed by atoms with van der Waals surface area (Å²) in [5.74, 6) is -1.71. The van der Waals surface area contributed by atoms with Crippen molar-refractivity contribution in [2.24, 2.45) is 12.8 Å². The maximum Gasteiger partial charge on any atom is 0.163 e. The van der Waals surface area contributed by atoms with Gasteiger partial charge in [0, 0.05) is 30.5 Å². The molecule has 0 fully saturated rings. The molecule has 1 aromatic heterocycles. The van der Waals surface area contributed by atoms with E-state index in [2.05, 4.69) is 5.10 Å². The van der Waals surface area contributed by atoms with Crippen molar-refractivity contribution in [3.05, 3.63) is 53.4 Å².